The standard InChI is InChI=1S/C19H28N2/c1-2-6-15(7-3-1)17-8-4-5-9-18(17)20-19-14-21-12-10-16(19)11-13-21/h1-3,6-7,16-20H,4-5,8-14H2. The van der Waals surface area contributed by atoms with Crippen LogP contribution in [0.15, 0.2) is 30.3 Å². The second-order valence-electron chi connectivity index (χ2n) is 7.32. The van der Waals surface area contributed by atoms with E-state index in [1.807, 2.05) is 0 Å². The van der Waals surface area contributed by atoms with Gasteiger partial charge in [-0.3, -0.25) is 0 Å². The minimum Gasteiger partial charge on any atom is -0.309 e. The van der Waals surface area contributed by atoms with Crippen LogP contribution in [-0.4, -0.2) is 36.6 Å². The van der Waals surface area contributed by atoms with Gasteiger partial charge in [0.25, 0.3) is 0 Å². The molecule has 0 amide bonds. The van der Waals surface area contributed by atoms with Crippen LogP contribution in [0.3, 0.4) is 0 Å². The average Bonchev–Trinajstić information content (AvgIpc) is 2.57. The summed E-state index contributed by atoms with van der Waals surface area (Å²) in [4.78, 5) is 2.66. The number of rotatable bonds is 3. The van der Waals surface area contributed by atoms with Crippen LogP contribution in [-0.2, 0) is 0 Å². The van der Waals surface area contributed by atoms with Crippen LogP contribution >= 0.6 is 0 Å². The van der Waals surface area contributed by atoms with Crippen molar-refractivity contribution in [3.63, 3.8) is 0 Å². The van der Waals surface area contributed by atoms with E-state index in [4.69, 9.17) is 0 Å². The Balaban J connectivity index is 1.47. The van der Waals surface area contributed by atoms with Gasteiger partial charge < -0.3 is 10.2 Å². The summed E-state index contributed by atoms with van der Waals surface area (Å²) in [5.41, 5.74) is 1.55. The summed E-state index contributed by atoms with van der Waals surface area (Å²) in [7, 11) is 0. The summed E-state index contributed by atoms with van der Waals surface area (Å²) in [5, 5.41) is 4.10. The molecule has 1 aromatic carbocycles. The Morgan fingerprint density at radius 1 is 0.857 bits per heavy atom. The topological polar surface area (TPSA) is 15.3 Å². The Labute approximate surface area is 128 Å². The first-order valence-corrected chi connectivity index (χ1v) is 8.93. The molecule has 3 aliphatic heterocycles. The van der Waals surface area contributed by atoms with Gasteiger partial charge in [-0.25, -0.2) is 0 Å². The Morgan fingerprint density at radius 3 is 2.33 bits per heavy atom. The molecule has 5 rings (SSSR count). The van der Waals surface area contributed by atoms with Gasteiger partial charge in [-0.1, -0.05) is 43.2 Å². The maximum Gasteiger partial charge on any atom is 0.0227 e. The fourth-order valence-electron chi connectivity index (χ4n) is 4.86. The minimum absolute atomic E-state index is 0.701. The predicted octanol–water partition coefficient (Wildman–Crippen LogP) is 3.40. The molecule has 0 aromatic heterocycles. The second-order valence-corrected chi connectivity index (χ2v) is 7.32. The fraction of sp³-hybridized carbons (Fsp3) is 0.684. The number of fused-ring (bicyclic) bond motifs is 3. The van der Waals surface area contributed by atoms with Crippen molar-refractivity contribution in [1.29, 1.82) is 0 Å². The van der Waals surface area contributed by atoms with E-state index in [0.29, 0.717) is 6.04 Å². The van der Waals surface area contributed by atoms with E-state index in [1.54, 1.807) is 5.56 Å². The van der Waals surface area contributed by atoms with Crippen LogP contribution < -0.4 is 5.32 Å². The zero-order valence-corrected chi connectivity index (χ0v) is 13.0. The summed E-state index contributed by atoms with van der Waals surface area (Å²) < 4.78 is 0. The first-order chi connectivity index (χ1) is 10.4. The molecule has 1 N–H and O–H groups in total. The molecule has 3 unspecified atom stereocenters. The molecule has 3 heterocycles. The fourth-order valence-corrected chi connectivity index (χ4v) is 4.86. The van der Waals surface area contributed by atoms with E-state index in [0.717, 1.165) is 17.9 Å². The van der Waals surface area contributed by atoms with Gasteiger partial charge in [0.2, 0.25) is 0 Å². The molecular weight excluding hydrogens is 256 g/mol. The maximum absolute atomic E-state index is 4.10. The Morgan fingerprint density at radius 2 is 1.62 bits per heavy atom. The number of piperidine rings is 3. The Bertz CT molecular complexity index is 450. The summed E-state index contributed by atoms with van der Waals surface area (Å²) in [6.45, 7) is 3.98. The molecule has 3 atom stereocenters. The highest BCUT2D eigenvalue weighted by molar-refractivity contribution is 5.22. The third kappa shape index (κ3) is 2.89. The number of hydrogen-bond acceptors (Lipinski definition) is 2. The number of nitrogens with one attached hydrogen (secondary N) is 1. The number of hydrogen-bond donors (Lipinski definition) is 1. The molecule has 114 valence electrons. The van der Waals surface area contributed by atoms with Crippen LogP contribution in [0.5, 0.6) is 0 Å². The van der Waals surface area contributed by atoms with Gasteiger partial charge >= 0.3 is 0 Å². The molecule has 21 heavy (non-hydrogen) atoms. The molecule has 0 radical (unpaired) electrons. The van der Waals surface area contributed by atoms with E-state index < -0.39 is 0 Å². The van der Waals surface area contributed by atoms with Gasteiger partial charge in [0.15, 0.2) is 0 Å². The van der Waals surface area contributed by atoms with E-state index in [1.165, 1.54) is 58.2 Å². The van der Waals surface area contributed by atoms with Crippen molar-refractivity contribution in [3.05, 3.63) is 35.9 Å². The SMILES string of the molecule is c1ccc(C2CCCCC2NC2CN3CCC2CC3)cc1. The third-order valence-electron chi connectivity index (χ3n) is 6.08. The molecule has 4 aliphatic rings. The molecule has 2 bridgehead atoms. The lowest BCUT2D eigenvalue weighted by atomic mass is 9.77. The van der Waals surface area contributed by atoms with Crippen molar-refractivity contribution in [3.8, 4) is 0 Å². The number of benzene rings is 1. The van der Waals surface area contributed by atoms with E-state index in [-0.39, 0.29) is 0 Å². The van der Waals surface area contributed by atoms with Crippen molar-refractivity contribution in [1.82, 2.24) is 10.2 Å². The zero-order valence-electron chi connectivity index (χ0n) is 13.0. The molecule has 1 saturated carbocycles. The summed E-state index contributed by atoms with van der Waals surface area (Å²) >= 11 is 0. The van der Waals surface area contributed by atoms with Crippen molar-refractivity contribution < 1.29 is 0 Å². The molecule has 4 fully saturated rings. The summed E-state index contributed by atoms with van der Waals surface area (Å²) in [6.07, 6.45) is 8.37. The summed E-state index contributed by atoms with van der Waals surface area (Å²) in [6, 6.07) is 12.7. The van der Waals surface area contributed by atoms with Crippen molar-refractivity contribution >= 4 is 0 Å². The van der Waals surface area contributed by atoms with Gasteiger partial charge in [-0.15, -0.1) is 0 Å². The molecule has 0 spiro atoms. The Kier molecular flexibility index (Phi) is 4.00. The van der Waals surface area contributed by atoms with Crippen molar-refractivity contribution in [2.45, 2.75) is 56.5 Å². The quantitative estimate of drug-likeness (QED) is 0.915. The van der Waals surface area contributed by atoms with E-state index in [2.05, 4.69) is 40.5 Å². The minimum atomic E-state index is 0.701. The van der Waals surface area contributed by atoms with Crippen LogP contribution in [0.2, 0.25) is 0 Å². The molecule has 1 aliphatic carbocycles. The molecule has 3 saturated heterocycles. The number of nitrogens with zero attached hydrogens (tertiary/aromatic N) is 1. The highest BCUT2D eigenvalue weighted by atomic mass is 15.2. The van der Waals surface area contributed by atoms with Crippen molar-refractivity contribution in [2.24, 2.45) is 5.92 Å². The lowest BCUT2D eigenvalue weighted by Gasteiger charge is -2.47. The molecule has 2 nitrogen and oxygen atoms in total. The second kappa shape index (κ2) is 6.10. The predicted molar refractivity (Wildman–Crippen MR) is 87.5 cm³/mol. The van der Waals surface area contributed by atoms with Gasteiger partial charge in [-0.2, -0.15) is 0 Å². The molecule has 2 heteroatoms. The maximum atomic E-state index is 4.10. The lowest BCUT2D eigenvalue weighted by molar-refractivity contribution is 0.0621. The summed E-state index contributed by atoms with van der Waals surface area (Å²) in [5.74, 6) is 1.67. The third-order valence-corrected chi connectivity index (χ3v) is 6.08. The van der Waals surface area contributed by atoms with Crippen molar-refractivity contribution in [2.75, 3.05) is 19.6 Å². The van der Waals surface area contributed by atoms with Crippen LogP contribution in [0.4, 0.5) is 0 Å². The highest BCUT2D eigenvalue weighted by Gasteiger charge is 2.37. The van der Waals surface area contributed by atoms with Crippen LogP contribution in [0, 0.1) is 5.92 Å². The largest absolute Gasteiger partial charge is 0.309 e. The van der Waals surface area contributed by atoms with Crippen LogP contribution in [0.1, 0.15) is 50.0 Å². The Hall–Kier alpha value is -0.860. The van der Waals surface area contributed by atoms with Gasteiger partial charge in [0.05, 0.1) is 0 Å². The molecular formula is C19H28N2. The zero-order chi connectivity index (χ0) is 14.1. The average molecular weight is 284 g/mol. The van der Waals surface area contributed by atoms with E-state index >= 15 is 0 Å². The van der Waals surface area contributed by atoms with Gasteiger partial charge in [-0.05, 0) is 56.2 Å². The van der Waals surface area contributed by atoms with Gasteiger partial charge in [0, 0.05) is 18.6 Å². The highest BCUT2D eigenvalue weighted by Crippen LogP contribution is 2.35. The van der Waals surface area contributed by atoms with Gasteiger partial charge in [0.1, 0.15) is 0 Å². The lowest BCUT2D eigenvalue weighted by Crippen LogP contribution is -2.59. The monoisotopic (exact) mass is 284 g/mol. The first kappa shape index (κ1) is 13.8. The molecule has 1 aromatic rings. The van der Waals surface area contributed by atoms with E-state index in [9.17, 15) is 0 Å². The normalized spacial score (nSPS) is 39.3. The smallest absolute Gasteiger partial charge is 0.0227 e. The van der Waals surface area contributed by atoms with Crippen LogP contribution in [0.25, 0.3) is 0 Å². The first-order valence-electron chi connectivity index (χ1n) is 8.93.